The number of halogens is 1. The van der Waals surface area contributed by atoms with Crippen molar-refractivity contribution in [3.63, 3.8) is 0 Å². The predicted molar refractivity (Wildman–Crippen MR) is 170 cm³/mol. The molecule has 0 aromatic carbocycles. The Morgan fingerprint density at radius 1 is 1.11 bits per heavy atom. The Balaban J connectivity index is 1.36. The maximum atomic E-state index is 14.8. The Kier molecular flexibility index (Phi) is 11.9. The number of ether oxygens (including phenoxy) is 4. The SMILES string of the molecule is CCCC(CCC)N(C(=O)CN1C[C@H]([C@@H]2CC(OC)=C3OCOC3C2)C[C@@H]1CCC1CCCCO1)C1=CC(C)=C(F)C(C)C1. The Labute approximate surface area is 265 Å². The Bertz CT molecular complexity index is 1080. The van der Waals surface area contributed by atoms with Crippen molar-refractivity contribution in [3.05, 3.63) is 34.7 Å². The first-order chi connectivity index (χ1) is 21.3. The topological polar surface area (TPSA) is 60.5 Å². The molecule has 0 aromatic heterocycles. The number of hydrogen-bond donors (Lipinski definition) is 0. The number of amides is 1. The molecule has 3 fully saturated rings. The quantitative estimate of drug-likeness (QED) is 0.212. The van der Waals surface area contributed by atoms with E-state index >= 15 is 0 Å². The maximum absolute atomic E-state index is 14.8. The number of allylic oxidation sites excluding steroid dienone is 5. The number of nitrogens with zero attached hydrogens (tertiary/aromatic N) is 2. The van der Waals surface area contributed by atoms with Crippen molar-refractivity contribution >= 4 is 5.91 Å². The molecule has 3 saturated heterocycles. The number of likely N-dealkylation sites (tertiary alicyclic amines) is 1. The van der Waals surface area contributed by atoms with Crippen molar-refractivity contribution in [1.29, 1.82) is 0 Å². The van der Waals surface area contributed by atoms with E-state index in [2.05, 4.69) is 23.6 Å². The van der Waals surface area contributed by atoms with E-state index in [1.165, 1.54) is 6.42 Å². The van der Waals surface area contributed by atoms with Gasteiger partial charge in [-0.05, 0) is 94.6 Å². The fourth-order valence-electron chi connectivity index (χ4n) is 8.55. The summed E-state index contributed by atoms with van der Waals surface area (Å²) >= 11 is 0. The van der Waals surface area contributed by atoms with Crippen LogP contribution in [0.25, 0.3) is 0 Å². The van der Waals surface area contributed by atoms with Crippen LogP contribution in [0.5, 0.6) is 0 Å². The number of carbonyl (C=O) groups excluding carboxylic acids is 1. The van der Waals surface area contributed by atoms with Gasteiger partial charge in [0.15, 0.2) is 12.6 Å². The monoisotopic (exact) mass is 616 g/mol. The lowest BCUT2D eigenvalue weighted by Gasteiger charge is -2.38. The van der Waals surface area contributed by atoms with E-state index in [4.69, 9.17) is 18.9 Å². The molecular formula is C36H57FN2O5. The molecule has 8 heteroatoms. The number of carbonyl (C=O) groups is 1. The normalized spacial score (nSPS) is 31.3. The summed E-state index contributed by atoms with van der Waals surface area (Å²) in [6.45, 7) is 10.6. The Morgan fingerprint density at radius 2 is 1.91 bits per heavy atom. The molecule has 0 N–H and O–H groups in total. The fraction of sp³-hybridized carbons (Fsp3) is 0.806. The van der Waals surface area contributed by atoms with E-state index < -0.39 is 0 Å². The van der Waals surface area contributed by atoms with Crippen molar-refractivity contribution < 1.29 is 28.1 Å². The molecule has 44 heavy (non-hydrogen) atoms. The molecule has 0 radical (unpaired) electrons. The van der Waals surface area contributed by atoms with E-state index in [-0.39, 0.29) is 29.8 Å². The molecule has 3 unspecified atom stereocenters. The van der Waals surface area contributed by atoms with Crippen LogP contribution in [0.1, 0.15) is 111 Å². The lowest BCUT2D eigenvalue weighted by molar-refractivity contribution is -0.133. The van der Waals surface area contributed by atoms with Gasteiger partial charge in [0.1, 0.15) is 17.7 Å². The van der Waals surface area contributed by atoms with Crippen LogP contribution in [-0.4, -0.2) is 73.6 Å². The molecule has 1 amide bonds. The highest BCUT2D eigenvalue weighted by Gasteiger charge is 2.44. The smallest absolute Gasteiger partial charge is 0.241 e. The van der Waals surface area contributed by atoms with Crippen molar-refractivity contribution in [2.75, 3.05) is 33.6 Å². The van der Waals surface area contributed by atoms with Gasteiger partial charge in [0.25, 0.3) is 0 Å². The predicted octanol–water partition coefficient (Wildman–Crippen LogP) is 7.63. The van der Waals surface area contributed by atoms with Crippen LogP contribution in [0.3, 0.4) is 0 Å². The van der Waals surface area contributed by atoms with Crippen molar-refractivity contribution in [3.8, 4) is 0 Å². The van der Waals surface area contributed by atoms with E-state index in [9.17, 15) is 9.18 Å². The molecule has 3 heterocycles. The second-order valence-corrected chi connectivity index (χ2v) is 14.0. The zero-order valence-electron chi connectivity index (χ0n) is 28.0. The summed E-state index contributed by atoms with van der Waals surface area (Å²) in [5.74, 6) is 2.61. The molecule has 5 rings (SSSR count). The highest BCUT2D eigenvalue weighted by molar-refractivity contribution is 5.81. The minimum absolute atomic E-state index is 0.0234. The van der Waals surface area contributed by atoms with E-state index in [1.54, 1.807) is 7.11 Å². The maximum Gasteiger partial charge on any atom is 0.241 e. The van der Waals surface area contributed by atoms with Gasteiger partial charge in [-0.1, -0.05) is 33.6 Å². The molecule has 7 nitrogen and oxygen atoms in total. The fourth-order valence-corrected chi connectivity index (χ4v) is 8.55. The summed E-state index contributed by atoms with van der Waals surface area (Å²) < 4.78 is 38.4. The molecule has 3 aliphatic heterocycles. The largest absolute Gasteiger partial charge is 0.497 e. The van der Waals surface area contributed by atoms with E-state index in [0.29, 0.717) is 49.3 Å². The van der Waals surface area contributed by atoms with Gasteiger partial charge in [0.2, 0.25) is 5.91 Å². The zero-order valence-corrected chi connectivity index (χ0v) is 28.0. The first kappa shape index (κ1) is 33.5. The number of fused-ring (bicyclic) bond motifs is 1. The second kappa shape index (κ2) is 15.6. The standard InChI is InChI=1S/C36H57FN2O5/c1-6-10-28(11-7-2)39(30-16-24(3)35(37)25(4)17-30)34(40)22-38-21-27(18-29(38)13-14-31-12-8-9-15-42-31)26-19-32(41-5)36-33(20-26)43-23-44-36/h16,25-29,31,33H,6-15,17-23H2,1-5H3/t25?,26-,27-,29+,31?,33?/m1/s1. The lowest BCUT2D eigenvalue weighted by Crippen LogP contribution is -2.47. The molecule has 2 aliphatic carbocycles. The molecule has 248 valence electrons. The van der Waals surface area contributed by atoms with Crippen LogP contribution in [0.15, 0.2) is 34.7 Å². The first-order valence-corrected chi connectivity index (χ1v) is 17.6. The average molecular weight is 617 g/mol. The molecule has 5 aliphatic rings. The van der Waals surface area contributed by atoms with Crippen molar-refractivity contribution in [2.24, 2.45) is 17.8 Å². The zero-order chi connectivity index (χ0) is 31.2. The van der Waals surface area contributed by atoms with Gasteiger partial charge in [0.05, 0.1) is 19.8 Å². The van der Waals surface area contributed by atoms with Gasteiger partial charge in [-0.2, -0.15) is 0 Å². The van der Waals surface area contributed by atoms with E-state index in [1.807, 2.05) is 19.9 Å². The number of hydrogen-bond acceptors (Lipinski definition) is 6. The Morgan fingerprint density at radius 3 is 2.59 bits per heavy atom. The van der Waals surface area contributed by atoms with E-state index in [0.717, 1.165) is 101 Å². The summed E-state index contributed by atoms with van der Waals surface area (Å²) in [6, 6.07) is 0.477. The van der Waals surface area contributed by atoms with Crippen LogP contribution in [0.4, 0.5) is 4.39 Å². The third-order valence-corrected chi connectivity index (χ3v) is 10.8. The van der Waals surface area contributed by atoms with Crippen LogP contribution in [-0.2, 0) is 23.7 Å². The second-order valence-electron chi connectivity index (χ2n) is 14.0. The van der Waals surface area contributed by atoms with Crippen molar-refractivity contribution in [1.82, 2.24) is 9.80 Å². The minimum atomic E-state index is -0.199. The summed E-state index contributed by atoms with van der Waals surface area (Å²) in [4.78, 5) is 19.1. The van der Waals surface area contributed by atoms with Crippen molar-refractivity contribution in [2.45, 2.75) is 135 Å². The van der Waals surface area contributed by atoms with Gasteiger partial charge in [-0.25, -0.2) is 4.39 Å². The van der Waals surface area contributed by atoms with Crippen LogP contribution >= 0.6 is 0 Å². The highest BCUT2D eigenvalue weighted by atomic mass is 19.1. The number of methoxy groups -OCH3 is 1. The van der Waals surface area contributed by atoms with Gasteiger partial charge >= 0.3 is 0 Å². The number of rotatable bonds is 13. The molecule has 0 spiro atoms. The summed E-state index contributed by atoms with van der Waals surface area (Å²) in [5, 5.41) is 0. The third-order valence-electron chi connectivity index (χ3n) is 10.8. The van der Waals surface area contributed by atoms with Crippen LogP contribution in [0, 0.1) is 17.8 Å². The lowest BCUT2D eigenvalue weighted by atomic mass is 9.79. The summed E-state index contributed by atoms with van der Waals surface area (Å²) in [5.41, 5.74) is 1.65. The summed E-state index contributed by atoms with van der Waals surface area (Å²) in [6.07, 6.45) is 15.3. The van der Waals surface area contributed by atoms with Gasteiger partial charge in [0, 0.05) is 43.3 Å². The highest BCUT2D eigenvalue weighted by Crippen LogP contribution is 2.44. The van der Waals surface area contributed by atoms with Crippen LogP contribution in [0.2, 0.25) is 0 Å². The Hall–Kier alpha value is -1.90. The molecular weight excluding hydrogens is 559 g/mol. The minimum Gasteiger partial charge on any atom is -0.497 e. The molecule has 0 saturated carbocycles. The first-order valence-electron chi connectivity index (χ1n) is 17.6. The average Bonchev–Trinajstić information content (AvgIpc) is 3.66. The van der Waals surface area contributed by atoms with Gasteiger partial charge < -0.3 is 23.8 Å². The van der Waals surface area contributed by atoms with Crippen LogP contribution < -0.4 is 0 Å². The molecule has 0 bridgehead atoms. The molecule has 0 aromatic rings. The summed E-state index contributed by atoms with van der Waals surface area (Å²) in [7, 11) is 1.73. The third kappa shape index (κ3) is 7.72. The molecule has 6 atom stereocenters. The van der Waals surface area contributed by atoms with Gasteiger partial charge in [-0.15, -0.1) is 0 Å². The van der Waals surface area contributed by atoms with Gasteiger partial charge in [-0.3, -0.25) is 9.69 Å².